The van der Waals surface area contributed by atoms with Crippen molar-refractivity contribution >= 4 is 16.9 Å². The van der Waals surface area contributed by atoms with Gasteiger partial charge in [0.05, 0.1) is 6.33 Å². The van der Waals surface area contributed by atoms with Crippen LogP contribution in [0.4, 0.5) is 0 Å². The van der Waals surface area contributed by atoms with Gasteiger partial charge in [0, 0.05) is 35.9 Å². The molecule has 114 valence electrons. The van der Waals surface area contributed by atoms with Crippen LogP contribution in [0.3, 0.4) is 0 Å². The lowest BCUT2D eigenvalue weighted by Gasteiger charge is -2.13. The predicted molar refractivity (Wildman–Crippen MR) is 85.0 cm³/mol. The van der Waals surface area contributed by atoms with Crippen molar-refractivity contribution in [2.75, 3.05) is 6.54 Å². The van der Waals surface area contributed by atoms with E-state index in [2.05, 4.69) is 10.3 Å². The van der Waals surface area contributed by atoms with Crippen molar-refractivity contribution in [1.29, 1.82) is 0 Å². The van der Waals surface area contributed by atoms with Crippen molar-refractivity contribution in [3.8, 4) is 0 Å². The van der Waals surface area contributed by atoms with Gasteiger partial charge in [-0.1, -0.05) is 11.6 Å². The molecule has 0 aliphatic heterocycles. The average Bonchev–Trinajstić information content (AvgIpc) is 3.14. The highest BCUT2D eigenvalue weighted by molar-refractivity contribution is 5.99. The maximum Gasteiger partial charge on any atom is 0.287 e. The summed E-state index contributed by atoms with van der Waals surface area (Å²) in [6.45, 7) is 6.49. The van der Waals surface area contributed by atoms with E-state index in [1.807, 2.05) is 49.7 Å². The Morgan fingerprint density at radius 2 is 2.23 bits per heavy atom. The topological polar surface area (TPSA) is 60.1 Å². The summed E-state index contributed by atoms with van der Waals surface area (Å²) in [5.41, 5.74) is 2.78. The van der Waals surface area contributed by atoms with E-state index in [9.17, 15) is 4.79 Å². The van der Waals surface area contributed by atoms with E-state index in [0.29, 0.717) is 12.3 Å². The highest BCUT2D eigenvalue weighted by Gasteiger charge is 2.18. The minimum atomic E-state index is -0.182. The van der Waals surface area contributed by atoms with Gasteiger partial charge in [-0.05, 0) is 32.9 Å². The number of carbonyl (C=O) groups is 1. The Labute approximate surface area is 129 Å². The van der Waals surface area contributed by atoms with Gasteiger partial charge in [0.1, 0.15) is 5.58 Å². The summed E-state index contributed by atoms with van der Waals surface area (Å²) in [6.07, 6.45) is 5.35. The van der Waals surface area contributed by atoms with Crippen molar-refractivity contribution < 1.29 is 9.21 Å². The fraction of sp³-hybridized carbons (Fsp3) is 0.294. The van der Waals surface area contributed by atoms with Crippen molar-refractivity contribution in [2.45, 2.75) is 26.8 Å². The minimum absolute atomic E-state index is 0.137. The van der Waals surface area contributed by atoms with Crippen LogP contribution in [0.5, 0.6) is 0 Å². The van der Waals surface area contributed by atoms with E-state index in [4.69, 9.17) is 4.42 Å². The molecule has 2 heterocycles. The Morgan fingerprint density at radius 3 is 2.95 bits per heavy atom. The van der Waals surface area contributed by atoms with Crippen LogP contribution < -0.4 is 5.32 Å². The summed E-state index contributed by atoms with van der Waals surface area (Å²) >= 11 is 0. The van der Waals surface area contributed by atoms with Gasteiger partial charge in [-0.2, -0.15) is 0 Å². The Balaban J connectivity index is 1.76. The quantitative estimate of drug-likeness (QED) is 0.804. The summed E-state index contributed by atoms with van der Waals surface area (Å²) in [5.74, 6) is 0.205. The summed E-state index contributed by atoms with van der Waals surface area (Å²) in [4.78, 5) is 16.4. The van der Waals surface area contributed by atoms with Crippen LogP contribution in [0.15, 0.2) is 41.3 Å². The number of hydrogen-bond donors (Lipinski definition) is 1. The Kier molecular flexibility index (Phi) is 3.71. The molecule has 0 fully saturated rings. The van der Waals surface area contributed by atoms with Gasteiger partial charge in [0.25, 0.3) is 5.91 Å². The SMILES string of the molecule is Cc1ccc2oc(C(=O)NC[C@@H](C)n3ccnc3)c(C)c2c1. The highest BCUT2D eigenvalue weighted by Crippen LogP contribution is 2.26. The van der Waals surface area contributed by atoms with Crippen LogP contribution >= 0.6 is 0 Å². The molecule has 5 nitrogen and oxygen atoms in total. The first-order valence-corrected chi connectivity index (χ1v) is 7.31. The Hall–Kier alpha value is -2.56. The average molecular weight is 297 g/mol. The van der Waals surface area contributed by atoms with Crippen LogP contribution in [-0.4, -0.2) is 22.0 Å². The van der Waals surface area contributed by atoms with Gasteiger partial charge in [0.2, 0.25) is 0 Å². The van der Waals surface area contributed by atoms with Gasteiger partial charge >= 0.3 is 0 Å². The van der Waals surface area contributed by atoms with Gasteiger partial charge in [-0.3, -0.25) is 4.79 Å². The summed E-state index contributed by atoms with van der Waals surface area (Å²) in [6, 6.07) is 6.06. The first kappa shape index (κ1) is 14.4. The zero-order valence-electron chi connectivity index (χ0n) is 13.0. The summed E-state index contributed by atoms with van der Waals surface area (Å²) in [7, 11) is 0. The summed E-state index contributed by atoms with van der Waals surface area (Å²) < 4.78 is 7.66. The van der Waals surface area contributed by atoms with E-state index in [1.165, 1.54) is 0 Å². The van der Waals surface area contributed by atoms with Crippen LogP contribution in [-0.2, 0) is 0 Å². The van der Waals surface area contributed by atoms with Crippen molar-refractivity contribution in [3.63, 3.8) is 0 Å². The second-order valence-electron chi connectivity index (χ2n) is 5.62. The number of aromatic nitrogens is 2. The number of imidazole rings is 1. The van der Waals surface area contributed by atoms with E-state index < -0.39 is 0 Å². The third kappa shape index (κ3) is 2.62. The molecule has 1 atom stereocenters. The molecule has 0 aliphatic carbocycles. The molecule has 22 heavy (non-hydrogen) atoms. The maximum absolute atomic E-state index is 12.4. The van der Waals surface area contributed by atoms with Gasteiger partial charge < -0.3 is 14.3 Å². The molecule has 0 saturated carbocycles. The molecule has 0 aliphatic rings. The molecule has 5 heteroatoms. The normalized spacial score (nSPS) is 12.5. The highest BCUT2D eigenvalue weighted by atomic mass is 16.3. The molecule has 1 amide bonds. The van der Waals surface area contributed by atoms with E-state index >= 15 is 0 Å². The van der Waals surface area contributed by atoms with Crippen LogP contribution in [0.25, 0.3) is 11.0 Å². The lowest BCUT2D eigenvalue weighted by molar-refractivity contribution is 0.0922. The van der Waals surface area contributed by atoms with Gasteiger partial charge in [0.15, 0.2) is 5.76 Å². The van der Waals surface area contributed by atoms with Crippen LogP contribution in [0.1, 0.15) is 34.6 Å². The fourth-order valence-electron chi connectivity index (χ4n) is 2.51. The number of nitrogens with one attached hydrogen (secondary N) is 1. The number of benzene rings is 1. The number of nitrogens with zero attached hydrogens (tertiary/aromatic N) is 2. The van der Waals surface area contributed by atoms with Crippen LogP contribution in [0, 0.1) is 13.8 Å². The van der Waals surface area contributed by atoms with Gasteiger partial charge in [-0.15, -0.1) is 0 Å². The van der Waals surface area contributed by atoms with Crippen molar-refractivity contribution in [1.82, 2.24) is 14.9 Å². The molecular weight excluding hydrogens is 278 g/mol. The molecule has 0 unspecified atom stereocenters. The zero-order chi connectivity index (χ0) is 15.7. The lowest BCUT2D eigenvalue weighted by atomic mass is 10.1. The lowest BCUT2D eigenvalue weighted by Crippen LogP contribution is -2.29. The number of fused-ring (bicyclic) bond motifs is 1. The predicted octanol–water partition coefficient (Wildman–Crippen LogP) is 3.24. The molecule has 3 rings (SSSR count). The largest absolute Gasteiger partial charge is 0.451 e. The molecule has 0 spiro atoms. The minimum Gasteiger partial charge on any atom is -0.451 e. The second kappa shape index (κ2) is 5.67. The van der Waals surface area contributed by atoms with Crippen molar-refractivity contribution in [2.24, 2.45) is 0 Å². The molecule has 1 aromatic carbocycles. The number of carbonyl (C=O) groups excluding carboxylic acids is 1. The van der Waals surface area contributed by atoms with E-state index in [1.54, 1.807) is 12.5 Å². The number of aryl methyl sites for hydroxylation is 2. The molecule has 0 radical (unpaired) electrons. The molecule has 2 aromatic heterocycles. The number of amides is 1. The standard InChI is InChI=1S/C17H19N3O2/c1-11-4-5-15-14(8-11)13(3)16(22-15)17(21)19-9-12(2)20-7-6-18-10-20/h4-8,10,12H,9H2,1-3H3,(H,19,21)/t12-/m1/s1. The molecule has 1 N–H and O–H groups in total. The molecule has 3 aromatic rings. The number of furan rings is 1. The van der Waals surface area contributed by atoms with E-state index in [0.717, 1.165) is 22.1 Å². The smallest absolute Gasteiger partial charge is 0.287 e. The molecule has 0 bridgehead atoms. The third-order valence-corrected chi connectivity index (χ3v) is 3.89. The molecule has 0 saturated heterocycles. The van der Waals surface area contributed by atoms with Crippen molar-refractivity contribution in [3.05, 3.63) is 53.8 Å². The number of rotatable bonds is 4. The third-order valence-electron chi connectivity index (χ3n) is 3.89. The number of hydrogen-bond acceptors (Lipinski definition) is 3. The first-order valence-electron chi connectivity index (χ1n) is 7.31. The summed E-state index contributed by atoms with van der Waals surface area (Å²) in [5, 5.41) is 3.92. The van der Waals surface area contributed by atoms with E-state index in [-0.39, 0.29) is 11.9 Å². The monoisotopic (exact) mass is 297 g/mol. The fourth-order valence-corrected chi connectivity index (χ4v) is 2.51. The zero-order valence-corrected chi connectivity index (χ0v) is 13.0. The Bertz CT molecular complexity index is 803. The van der Waals surface area contributed by atoms with Crippen LogP contribution in [0.2, 0.25) is 0 Å². The first-order chi connectivity index (χ1) is 10.6. The second-order valence-corrected chi connectivity index (χ2v) is 5.62. The Morgan fingerprint density at radius 1 is 1.41 bits per heavy atom. The van der Waals surface area contributed by atoms with Gasteiger partial charge in [-0.25, -0.2) is 4.98 Å². The maximum atomic E-state index is 12.4. The molecular formula is C17H19N3O2.